The van der Waals surface area contributed by atoms with Gasteiger partial charge in [-0.05, 0) is 15.9 Å². The van der Waals surface area contributed by atoms with E-state index in [0.717, 1.165) is 10.2 Å². The number of carbonyl (C=O) groups is 1. The third-order valence-electron chi connectivity index (χ3n) is 2.27. The Kier molecular flexibility index (Phi) is 3.03. The number of halogens is 1. The van der Waals surface area contributed by atoms with Crippen LogP contribution in [0.1, 0.15) is 11.1 Å². The topological polar surface area (TPSA) is 67.2 Å². The molecule has 0 radical (unpaired) electrons. The molecule has 15 heavy (non-hydrogen) atoms. The smallest absolute Gasteiger partial charge is 0.321 e. The molecule has 1 aliphatic rings. The number of aromatic nitrogens is 2. The summed E-state index contributed by atoms with van der Waals surface area (Å²) in [5.41, 5.74) is 0.976. The van der Waals surface area contributed by atoms with E-state index in [2.05, 4.69) is 26.3 Å². The van der Waals surface area contributed by atoms with Crippen molar-refractivity contribution < 1.29 is 9.90 Å². The summed E-state index contributed by atoms with van der Waals surface area (Å²) in [6.45, 7) is 0. The molecular weight excluding hydrogens is 282 g/mol. The van der Waals surface area contributed by atoms with Gasteiger partial charge in [0.05, 0.1) is 21.7 Å². The maximum atomic E-state index is 10.8. The van der Waals surface area contributed by atoms with Crippen LogP contribution in [-0.4, -0.2) is 32.7 Å². The highest BCUT2D eigenvalue weighted by molar-refractivity contribution is 9.10. The van der Waals surface area contributed by atoms with Crippen LogP contribution in [0.25, 0.3) is 0 Å². The fourth-order valence-electron chi connectivity index (χ4n) is 1.49. The number of thioether (sulfide) groups is 1. The van der Waals surface area contributed by atoms with E-state index in [-0.39, 0.29) is 5.37 Å². The second-order valence-electron chi connectivity index (χ2n) is 3.27. The molecule has 2 heterocycles. The maximum Gasteiger partial charge on any atom is 0.321 e. The number of hydrogen-bond acceptors (Lipinski definition) is 4. The van der Waals surface area contributed by atoms with E-state index in [1.165, 1.54) is 0 Å². The Morgan fingerprint density at radius 2 is 2.60 bits per heavy atom. The molecule has 1 fully saturated rings. The van der Waals surface area contributed by atoms with Crippen molar-refractivity contribution in [3.63, 3.8) is 0 Å². The van der Waals surface area contributed by atoms with Crippen molar-refractivity contribution in [2.45, 2.75) is 11.4 Å². The zero-order valence-electron chi connectivity index (χ0n) is 7.98. The lowest BCUT2D eigenvalue weighted by Crippen LogP contribution is -2.34. The van der Waals surface area contributed by atoms with E-state index in [4.69, 9.17) is 5.11 Å². The van der Waals surface area contributed by atoms with Gasteiger partial charge in [-0.1, -0.05) is 0 Å². The van der Waals surface area contributed by atoms with Crippen molar-refractivity contribution >= 4 is 33.7 Å². The number of carboxylic acid groups (broad SMARTS) is 1. The van der Waals surface area contributed by atoms with E-state index in [1.54, 1.807) is 22.6 Å². The Bertz CT molecular complexity index is 376. The van der Waals surface area contributed by atoms with Gasteiger partial charge in [-0.2, -0.15) is 5.10 Å². The van der Waals surface area contributed by atoms with Crippen molar-refractivity contribution in [2.75, 3.05) is 5.75 Å². The number of aliphatic carboxylic acids is 1. The van der Waals surface area contributed by atoms with E-state index in [0.29, 0.717) is 5.75 Å². The molecule has 1 aromatic heterocycles. The molecular formula is C8H10BrN3O2S. The zero-order valence-corrected chi connectivity index (χ0v) is 10.4. The molecule has 0 saturated carbocycles. The molecule has 82 valence electrons. The van der Waals surface area contributed by atoms with Crippen LogP contribution in [0, 0.1) is 0 Å². The van der Waals surface area contributed by atoms with Crippen LogP contribution in [0.15, 0.2) is 10.7 Å². The highest BCUT2D eigenvalue weighted by Gasteiger charge is 2.32. The third kappa shape index (κ3) is 2.04. The molecule has 2 N–H and O–H groups in total. The molecule has 2 atom stereocenters. The minimum Gasteiger partial charge on any atom is -0.480 e. The second-order valence-corrected chi connectivity index (χ2v) is 5.26. The SMILES string of the molecule is Cn1ncc(Br)c1[C@H]1N[C@H](C(=O)O)CS1. The van der Waals surface area contributed by atoms with Gasteiger partial charge in [0.15, 0.2) is 0 Å². The molecule has 1 saturated heterocycles. The predicted octanol–water partition coefficient (Wildman–Crippen LogP) is 0.971. The van der Waals surface area contributed by atoms with E-state index in [9.17, 15) is 4.79 Å². The number of aryl methyl sites for hydroxylation is 1. The third-order valence-corrected chi connectivity index (χ3v) is 4.10. The largest absolute Gasteiger partial charge is 0.480 e. The molecule has 2 rings (SSSR count). The summed E-state index contributed by atoms with van der Waals surface area (Å²) in [5, 5.41) is 16.0. The molecule has 1 aliphatic heterocycles. The minimum absolute atomic E-state index is 0.00650. The summed E-state index contributed by atoms with van der Waals surface area (Å²) >= 11 is 4.98. The van der Waals surface area contributed by atoms with Gasteiger partial charge >= 0.3 is 5.97 Å². The van der Waals surface area contributed by atoms with E-state index < -0.39 is 12.0 Å². The van der Waals surface area contributed by atoms with Crippen LogP contribution >= 0.6 is 27.7 Å². The zero-order chi connectivity index (χ0) is 11.0. The van der Waals surface area contributed by atoms with Crippen LogP contribution in [0.3, 0.4) is 0 Å². The molecule has 0 spiro atoms. The second kappa shape index (κ2) is 4.15. The van der Waals surface area contributed by atoms with Crippen molar-refractivity contribution in [3.8, 4) is 0 Å². The van der Waals surface area contributed by atoms with Crippen LogP contribution in [0.5, 0.6) is 0 Å². The number of nitrogens with one attached hydrogen (secondary N) is 1. The monoisotopic (exact) mass is 291 g/mol. The van der Waals surface area contributed by atoms with Crippen molar-refractivity contribution in [3.05, 3.63) is 16.4 Å². The van der Waals surface area contributed by atoms with Gasteiger partial charge in [-0.3, -0.25) is 14.8 Å². The fraction of sp³-hybridized carbons (Fsp3) is 0.500. The molecule has 5 nitrogen and oxygen atoms in total. The molecule has 7 heteroatoms. The summed E-state index contributed by atoms with van der Waals surface area (Å²) < 4.78 is 2.65. The highest BCUT2D eigenvalue weighted by Crippen LogP contribution is 2.36. The van der Waals surface area contributed by atoms with Gasteiger partial charge in [0, 0.05) is 12.8 Å². The van der Waals surface area contributed by atoms with E-state index in [1.807, 2.05) is 7.05 Å². The average molecular weight is 292 g/mol. The number of nitrogens with zero attached hydrogens (tertiary/aromatic N) is 2. The van der Waals surface area contributed by atoms with Crippen LogP contribution in [-0.2, 0) is 11.8 Å². The summed E-state index contributed by atoms with van der Waals surface area (Å²) in [7, 11) is 1.84. The lowest BCUT2D eigenvalue weighted by Gasteiger charge is -2.11. The van der Waals surface area contributed by atoms with Crippen LogP contribution < -0.4 is 5.32 Å². The van der Waals surface area contributed by atoms with Crippen LogP contribution in [0.2, 0.25) is 0 Å². The minimum atomic E-state index is -0.803. The highest BCUT2D eigenvalue weighted by atomic mass is 79.9. The van der Waals surface area contributed by atoms with Gasteiger partial charge in [-0.25, -0.2) is 0 Å². The molecule has 0 aromatic carbocycles. The molecule has 0 amide bonds. The van der Waals surface area contributed by atoms with Crippen LogP contribution in [0.4, 0.5) is 0 Å². The van der Waals surface area contributed by atoms with Gasteiger partial charge in [0.25, 0.3) is 0 Å². The summed E-state index contributed by atoms with van der Waals surface area (Å²) in [6.07, 6.45) is 1.71. The average Bonchev–Trinajstić information content (AvgIpc) is 2.73. The molecule has 0 unspecified atom stereocenters. The van der Waals surface area contributed by atoms with Gasteiger partial charge in [0.2, 0.25) is 0 Å². The number of carboxylic acids is 1. The molecule has 1 aromatic rings. The predicted molar refractivity (Wildman–Crippen MR) is 60.7 cm³/mol. The van der Waals surface area contributed by atoms with Crippen molar-refractivity contribution in [2.24, 2.45) is 7.05 Å². The van der Waals surface area contributed by atoms with Gasteiger partial charge in [0.1, 0.15) is 6.04 Å². The Morgan fingerprint density at radius 3 is 3.07 bits per heavy atom. The Labute approximate surface area is 99.4 Å². The van der Waals surface area contributed by atoms with Crippen molar-refractivity contribution in [1.82, 2.24) is 15.1 Å². The quantitative estimate of drug-likeness (QED) is 0.850. The Balaban J connectivity index is 2.17. The lowest BCUT2D eigenvalue weighted by molar-refractivity contribution is -0.138. The van der Waals surface area contributed by atoms with Crippen molar-refractivity contribution in [1.29, 1.82) is 0 Å². The molecule has 0 aliphatic carbocycles. The standard InChI is InChI=1S/C8H10BrN3O2S/c1-12-6(4(9)2-10-12)7-11-5(3-15-7)8(13)14/h2,5,7,11H,3H2,1H3,(H,13,14)/t5-,7-/m0/s1. The lowest BCUT2D eigenvalue weighted by atomic mass is 10.3. The number of hydrogen-bond donors (Lipinski definition) is 2. The Hall–Kier alpha value is -0.530. The maximum absolute atomic E-state index is 10.8. The molecule has 0 bridgehead atoms. The first-order chi connectivity index (χ1) is 7.09. The fourth-order valence-corrected chi connectivity index (χ4v) is 3.54. The summed E-state index contributed by atoms with van der Waals surface area (Å²) in [5.74, 6) is -0.222. The normalized spacial score (nSPS) is 25.7. The first-order valence-corrected chi connectivity index (χ1v) is 6.21. The summed E-state index contributed by atoms with van der Waals surface area (Å²) in [4.78, 5) is 10.8. The van der Waals surface area contributed by atoms with Gasteiger partial charge < -0.3 is 5.11 Å². The number of rotatable bonds is 2. The first kappa shape index (κ1) is 11.0. The van der Waals surface area contributed by atoms with E-state index >= 15 is 0 Å². The van der Waals surface area contributed by atoms with Gasteiger partial charge in [-0.15, -0.1) is 11.8 Å². The Morgan fingerprint density at radius 1 is 1.87 bits per heavy atom. The first-order valence-electron chi connectivity index (χ1n) is 4.37. The summed E-state index contributed by atoms with van der Waals surface area (Å²) in [6, 6.07) is -0.471.